The number of nitrogens with zero attached hydrogens (tertiary/aromatic N) is 4. The van der Waals surface area contributed by atoms with E-state index in [1.165, 1.54) is 29.4 Å². The second kappa shape index (κ2) is 8.83. The van der Waals surface area contributed by atoms with Gasteiger partial charge in [0.1, 0.15) is 0 Å². The van der Waals surface area contributed by atoms with E-state index in [9.17, 15) is 4.79 Å². The van der Waals surface area contributed by atoms with Crippen LogP contribution in [0.5, 0.6) is 0 Å². The van der Waals surface area contributed by atoms with Crippen LogP contribution in [-0.2, 0) is 11.3 Å². The van der Waals surface area contributed by atoms with E-state index in [2.05, 4.69) is 51.9 Å². The number of benzene rings is 2. The van der Waals surface area contributed by atoms with Crippen molar-refractivity contribution in [3.8, 4) is 11.3 Å². The highest BCUT2D eigenvalue weighted by molar-refractivity contribution is 5.89. The second-order valence-corrected chi connectivity index (χ2v) is 8.84. The first-order valence-corrected chi connectivity index (χ1v) is 11.4. The lowest BCUT2D eigenvalue weighted by Gasteiger charge is -2.24. The molecule has 5 rings (SSSR count). The van der Waals surface area contributed by atoms with E-state index in [-0.39, 0.29) is 12.0 Å². The fourth-order valence-electron chi connectivity index (χ4n) is 4.77. The predicted octanol–water partition coefficient (Wildman–Crippen LogP) is 4.32. The van der Waals surface area contributed by atoms with E-state index < -0.39 is 0 Å². The Hall–Kier alpha value is -3.45. The van der Waals surface area contributed by atoms with Gasteiger partial charge in [0.2, 0.25) is 0 Å². The summed E-state index contributed by atoms with van der Waals surface area (Å²) in [7, 11) is 3.56. The number of ether oxygens (including phenoxy) is 1. The Balaban J connectivity index is 1.52. The van der Waals surface area contributed by atoms with Gasteiger partial charge in [0.05, 0.1) is 30.1 Å². The molecule has 7 nitrogen and oxygen atoms in total. The highest BCUT2D eigenvalue weighted by atomic mass is 16.5. The third kappa shape index (κ3) is 4.16. The molecule has 0 saturated carbocycles. The minimum Gasteiger partial charge on any atom is -0.465 e. The molecule has 3 heterocycles. The molecule has 2 aromatic carbocycles. The van der Waals surface area contributed by atoms with E-state index >= 15 is 0 Å². The van der Waals surface area contributed by atoms with Crippen molar-refractivity contribution in [3.63, 3.8) is 0 Å². The Bertz CT molecular complexity index is 1210. The van der Waals surface area contributed by atoms with Gasteiger partial charge in [-0.3, -0.25) is 0 Å². The van der Waals surface area contributed by atoms with Crippen LogP contribution in [0, 0.1) is 6.92 Å². The smallest absolute Gasteiger partial charge is 0.337 e. The number of carbonyl (C=O) groups excluding carboxylic acids is 1. The lowest BCUT2D eigenvalue weighted by atomic mass is 9.90. The van der Waals surface area contributed by atoms with Crippen LogP contribution >= 0.6 is 0 Å². The molecular formula is C26H29N5O2. The average Bonchev–Trinajstić information content (AvgIpc) is 3.13. The lowest BCUT2D eigenvalue weighted by Crippen LogP contribution is -2.23. The van der Waals surface area contributed by atoms with Crippen molar-refractivity contribution in [2.45, 2.75) is 32.4 Å². The van der Waals surface area contributed by atoms with Gasteiger partial charge in [0.25, 0.3) is 0 Å². The summed E-state index contributed by atoms with van der Waals surface area (Å²) in [6.45, 7) is 4.87. The van der Waals surface area contributed by atoms with E-state index in [1.54, 1.807) is 12.1 Å². The molecular weight excluding hydrogens is 414 g/mol. The van der Waals surface area contributed by atoms with Gasteiger partial charge in [0.15, 0.2) is 0 Å². The van der Waals surface area contributed by atoms with Crippen LogP contribution in [0.1, 0.15) is 46.1 Å². The van der Waals surface area contributed by atoms with Gasteiger partial charge in [0, 0.05) is 30.9 Å². The van der Waals surface area contributed by atoms with E-state index in [4.69, 9.17) is 4.74 Å². The van der Waals surface area contributed by atoms with Crippen LogP contribution in [0.4, 0.5) is 5.69 Å². The van der Waals surface area contributed by atoms with Crippen molar-refractivity contribution in [1.82, 2.24) is 19.9 Å². The summed E-state index contributed by atoms with van der Waals surface area (Å²) in [6.07, 6.45) is 4.28. The first kappa shape index (κ1) is 21.4. The number of fused-ring (bicyclic) bond motifs is 3. The second-order valence-electron chi connectivity index (χ2n) is 8.84. The molecule has 7 heteroatoms. The predicted molar refractivity (Wildman–Crippen MR) is 129 cm³/mol. The molecule has 2 aliphatic heterocycles. The zero-order valence-corrected chi connectivity index (χ0v) is 19.3. The monoisotopic (exact) mass is 443 g/mol. The summed E-state index contributed by atoms with van der Waals surface area (Å²) in [6, 6.07) is 14.4. The van der Waals surface area contributed by atoms with Crippen molar-refractivity contribution in [1.29, 1.82) is 0 Å². The van der Waals surface area contributed by atoms with Gasteiger partial charge in [-0.05, 0) is 73.8 Å². The van der Waals surface area contributed by atoms with Gasteiger partial charge in [-0.2, -0.15) is 0 Å². The third-order valence-electron chi connectivity index (χ3n) is 6.65. The number of carbonyl (C=O) groups is 1. The number of aryl methyl sites for hydroxylation is 2. The molecule has 1 N–H and O–H groups in total. The number of rotatable bonds is 4. The minimum absolute atomic E-state index is 0.108. The van der Waals surface area contributed by atoms with Gasteiger partial charge in [-0.15, -0.1) is 5.10 Å². The van der Waals surface area contributed by atoms with Crippen LogP contribution in [0.25, 0.3) is 16.8 Å². The zero-order valence-electron chi connectivity index (χ0n) is 19.3. The fourth-order valence-corrected chi connectivity index (χ4v) is 4.77. The van der Waals surface area contributed by atoms with Gasteiger partial charge in [-0.1, -0.05) is 23.4 Å². The molecule has 0 fully saturated rings. The maximum Gasteiger partial charge on any atom is 0.337 e. The Morgan fingerprint density at radius 2 is 1.97 bits per heavy atom. The third-order valence-corrected chi connectivity index (χ3v) is 6.65. The lowest BCUT2D eigenvalue weighted by molar-refractivity contribution is 0.0601. The molecule has 3 aromatic rings. The summed E-state index contributed by atoms with van der Waals surface area (Å²) < 4.78 is 6.84. The zero-order chi connectivity index (χ0) is 22.9. The number of esters is 1. The fraction of sp³-hybridized carbons (Fsp3) is 0.346. The number of nitrogens with one attached hydrogen (secondary N) is 1. The van der Waals surface area contributed by atoms with Crippen molar-refractivity contribution in [2.24, 2.45) is 0 Å². The Labute approximate surface area is 194 Å². The first-order valence-electron chi connectivity index (χ1n) is 11.4. The molecule has 0 bridgehead atoms. The number of likely N-dealkylation sites (N-methyl/N-ethyl adjacent to an activating group) is 1. The average molecular weight is 444 g/mol. The van der Waals surface area contributed by atoms with Gasteiger partial charge in [-0.25, -0.2) is 9.48 Å². The highest BCUT2D eigenvalue weighted by Gasteiger charge is 2.26. The molecule has 0 aliphatic carbocycles. The van der Waals surface area contributed by atoms with Crippen LogP contribution in [0.2, 0.25) is 0 Å². The molecule has 1 aromatic heterocycles. The number of hydrogen-bond acceptors (Lipinski definition) is 6. The van der Waals surface area contributed by atoms with Gasteiger partial charge >= 0.3 is 5.97 Å². The Morgan fingerprint density at radius 1 is 1.15 bits per heavy atom. The molecule has 170 valence electrons. The van der Waals surface area contributed by atoms with E-state index in [1.807, 2.05) is 23.7 Å². The van der Waals surface area contributed by atoms with Crippen LogP contribution in [0.15, 0.2) is 48.5 Å². The van der Waals surface area contributed by atoms with Crippen molar-refractivity contribution < 1.29 is 9.53 Å². The Morgan fingerprint density at radius 3 is 2.70 bits per heavy atom. The normalized spacial score (nSPS) is 18.0. The number of methoxy groups -OCH3 is 1. The molecule has 0 saturated heterocycles. The number of anilines is 1. The largest absolute Gasteiger partial charge is 0.465 e. The van der Waals surface area contributed by atoms with E-state index in [0.717, 1.165) is 49.6 Å². The quantitative estimate of drug-likeness (QED) is 0.606. The molecule has 0 amide bonds. The van der Waals surface area contributed by atoms with Crippen LogP contribution < -0.4 is 5.32 Å². The summed E-state index contributed by atoms with van der Waals surface area (Å²) in [5.74, 6) is -0.328. The maximum absolute atomic E-state index is 11.8. The van der Waals surface area contributed by atoms with Crippen molar-refractivity contribution >= 4 is 17.2 Å². The van der Waals surface area contributed by atoms with Crippen LogP contribution in [-0.4, -0.2) is 53.1 Å². The molecule has 33 heavy (non-hydrogen) atoms. The standard InChI is InChI=1S/C26H29N5O2/c1-17-25-22-9-6-20(18-10-13-30(2)14-11-18)16-23(22)24(12-15-31(25)29-28-17)27-21-7-4-19(5-8-21)26(32)33-3/h4-10,16,24,27H,11-15H2,1-3H3. The van der Waals surface area contributed by atoms with Crippen molar-refractivity contribution in [3.05, 3.63) is 70.9 Å². The Kier molecular flexibility index (Phi) is 5.72. The number of aromatic nitrogens is 3. The highest BCUT2D eigenvalue weighted by Crippen LogP contribution is 2.38. The SMILES string of the molecule is COC(=O)c1ccc(NC2CCn3nnc(C)c3-c3ccc(C4=CCN(C)CC4)cc32)cc1. The summed E-state index contributed by atoms with van der Waals surface area (Å²) in [5, 5.41) is 12.4. The van der Waals surface area contributed by atoms with E-state index in [0.29, 0.717) is 5.56 Å². The molecule has 1 unspecified atom stereocenters. The molecule has 0 radical (unpaired) electrons. The number of hydrogen-bond donors (Lipinski definition) is 1. The summed E-state index contributed by atoms with van der Waals surface area (Å²) in [4.78, 5) is 14.1. The topological polar surface area (TPSA) is 72.3 Å². The molecule has 2 aliphatic rings. The molecule has 0 spiro atoms. The van der Waals surface area contributed by atoms with Gasteiger partial charge < -0.3 is 15.0 Å². The van der Waals surface area contributed by atoms with Crippen molar-refractivity contribution in [2.75, 3.05) is 32.6 Å². The van der Waals surface area contributed by atoms with Crippen LogP contribution in [0.3, 0.4) is 0 Å². The first-order chi connectivity index (χ1) is 16.0. The summed E-state index contributed by atoms with van der Waals surface area (Å²) >= 11 is 0. The maximum atomic E-state index is 11.8. The summed E-state index contributed by atoms with van der Waals surface area (Å²) in [5.41, 5.74) is 8.69. The molecule has 1 atom stereocenters. The minimum atomic E-state index is -0.328.